The number of alkyl carbamates (subject to hydrolysis) is 1. The number of aliphatic imine (C=N–C) groups is 1. The van der Waals surface area contributed by atoms with Crippen LogP contribution in [-0.4, -0.2) is 54.3 Å². The molecule has 2 aromatic carbocycles. The Morgan fingerprint density at radius 2 is 1.68 bits per heavy atom. The molecule has 8 heteroatoms. The number of hydrogen-bond donors (Lipinski definition) is 1. The summed E-state index contributed by atoms with van der Waals surface area (Å²) < 4.78 is 5.43. The van der Waals surface area contributed by atoms with Crippen molar-refractivity contribution >= 4 is 29.3 Å². The van der Waals surface area contributed by atoms with Crippen LogP contribution in [0.3, 0.4) is 0 Å². The van der Waals surface area contributed by atoms with E-state index in [2.05, 4.69) is 19.2 Å². The molecule has 3 heterocycles. The van der Waals surface area contributed by atoms with E-state index in [1.54, 1.807) is 4.90 Å². The second kappa shape index (κ2) is 12.2. The van der Waals surface area contributed by atoms with Crippen LogP contribution < -0.4 is 10.2 Å². The largest absolute Gasteiger partial charge is 0.445 e. The predicted molar refractivity (Wildman–Crippen MR) is 155 cm³/mol. The zero-order valence-corrected chi connectivity index (χ0v) is 23.8. The predicted octanol–water partition coefficient (Wildman–Crippen LogP) is 5.08. The maximum atomic E-state index is 14.1. The Bertz CT molecular complexity index is 1250. The van der Waals surface area contributed by atoms with E-state index < -0.39 is 18.2 Å². The number of rotatable bonds is 7. The van der Waals surface area contributed by atoms with Gasteiger partial charge in [-0.05, 0) is 67.9 Å². The highest BCUT2D eigenvalue weighted by Gasteiger charge is 2.37. The van der Waals surface area contributed by atoms with Crippen molar-refractivity contribution in [2.75, 3.05) is 24.5 Å². The van der Waals surface area contributed by atoms with E-state index in [4.69, 9.17) is 9.73 Å². The van der Waals surface area contributed by atoms with Gasteiger partial charge in [-0.1, -0.05) is 62.4 Å². The molecule has 6 rings (SSSR count). The van der Waals surface area contributed by atoms with Gasteiger partial charge >= 0.3 is 6.09 Å². The van der Waals surface area contributed by atoms with E-state index in [0.29, 0.717) is 23.9 Å². The van der Waals surface area contributed by atoms with Crippen molar-refractivity contribution < 1.29 is 19.1 Å². The van der Waals surface area contributed by atoms with E-state index in [0.717, 1.165) is 35.5 Å². The lowest BCUT2D eigenvalue weighted by molar-refractivity contribution is -0.132. The Morgan fingerprint density at radius 1 is 1.00 bits per heavy atom. The summed E-state index contributed by atoms with van der Waals surface area (Å²) in [5.74, 6) is 0.850. The van der Waals surface area contributed by atoms with E-state index in [-0.39, 0.29) is 25.0 Å². The molecule has 8 nitrogen and oxygen atoms in total. The van der Waals surface area contributed by atoms with Crippen LogP contribution in [0, 0.1) is 24.7 Å². The average molecular weight is 545 g/mol. The summed E-state index contributed by atoms with van der Waals surface area (Å²) in [6, 6.07) is 15.2. The highest BCUT2D eigenvalue weighted by molar-refractivity contribution is 6.15. The molecule has 0 radical (unpaired) electrons. The van der Waals surface area contributed by atoms with Gasteiger partial charge in [0.1, 0.15) is 13.2 Å². The third-order valence-corrected chi connectivity index (χ3v) is 8.24. The lowest BCUT2D eigenvalue weighted by atomic mass is 9.84. The van der Waals surface area contributed by atoms with E-state index >= 15 is 0 Å². The van der Waals surface area contributed by atoms with Crippen LogP contribution in [0.1, 0.15) is 62.6 Å². The molecule has 40 heavy (non-hydrogen) atoms. The molecule has 2 aromatic rings. The fraction of sp³-hybridized carbons (Fsp3) is 0.500. The van der Waals surface area contributed by atoms with Crippen molar-refractivity contribution in [3.8, 4) is 0 Å². The maximum absolute atomic E-state index is 14.1. The first-order valence-electron chi connectivity index (χ1n) is 14.5. The zero-order chi connectivity index (χ0) is 28.2. The summed E-state index contributed by atoms with van der Waals surface area (Å²) in [7, 11) is 0. The maximum Gasteiger partial charge on any atom is 0.409 e. The fourth-order valence-electron chi connectivity index (χ4n) is 6.20. The van der Waals surface area contributed by atoms with E-state index in [1.807, 2.05) is 60.4 Å². The number of anilines is 1. The van der Waals surface area contributed by atoms with Crippen molar-refractivity contribution in [2.24, 2.45) is 22.7 Å². The molecule has 3 fully saturated rings. The number of benzene rings is 2. The molecule has 212 valence electrons. The van der Waals surface area contributed by atoms with Gasteiger partial charge in [0, 0.05) is 24.4 Å². The molecule has 4 aliphatic rings. The van der Waals surface area contributed by atoms with Crippen LogP contribution in [0.25, 0.3) is 0 Å². The summed E-state index contributed by atoms with van der Waals surface area (Å²) in [6.45, 7) is 7.63. The minimum absolute atomic E-state index is 0.0564. The number of aryl methyl sites for hydroxylation is 1. The third kappa shape index (κ3) is 6.37. The highest BCUT2D eigenvalue weighted by atomic mass is 16.5. The van der Waals surface area contributed by atoms with Gasteiger partial charge in [-0.15, -0.1) is 0 Å². The molecule has 1 atom stereocenters. The number of carbonyl (C=O) groups excluding carboxylic acids is 3. The van der Waals surface area contributed by atoms with Gasteiger partial charge in [-0.3, -0.25) is 24.8 Å². The first-order chi connectivity index (χ1) is 19.3. The van der Waals surface area contributed by atoms with Crippen molar-refractivity contribution in [3.05, 3.63) is 65.2 Å². The number of carbonyl (C=O) groups is 3. The molecule has 1 unspecified atom stereocenters. The first-order valence-corrected chi connectivity index (χ1v) is 14.5. The second-order valence-corrected chi connectivity index (χ2v) is 11.9. The Labute approximate surface area is 236 Å². The minimum Gasteiger partial charge on any atom is -0.445 e. The van der Waals surface area contributed by atoms with Gasteiger partial charge < -0.3 is 9.64 Å². The van der Waals surface area contributed by atoms with Crippen LogP contribution in [0.4, 0.5) is 10.5 Å². The average Bonchev–Trinajstić information content (AvgIpc) is 3.32. The number of amides is 3. The molecule has 1 N–H and O–H groups in total. The molecule has 0 spiro atoms. The van der Waals surface area contributed by atoms with Crippen molar-refractivity contribution in [3.63, 3.8) is 0 Å². The Balaban J connectivity index is 1.42. The molecular formula is C32H40N4O4. The molecule has 2 bridgehead atoms. The summed E-state index contributed by atoms with van der Waals surface area (Å²) in [4.78, 5) is 49.0. The van der Waals surface area contributed by atoms with Crippen LogP contribution in [-0.2, 0) is 20.9 Å². The van der Waals surface area contributed by atoms with E-state index in [1.165, 1.54) is 25.7 Å². The Hall–Kier alpha value is -3.68. The summed E-state index contributed by atoms with van der Waals surface area (Å²) in [5.41, 5.74) is 3.99. The molecule has 3 aliphatic heterocycles. The Morgan fingerprint density at radius 3 is 2.33 bits per heavy atom. The van der Waals surface area contributed by atoms with Crippen LogP contribution in [0.15, 0.2) is 53.5 Å². The summed E-state index contributed by atoms with van der Waals surface area (Å²) >= 11 is 0. The van der Waals surface area contributed by atoms with Gasteiger partial charge in [0.05, 0.1) is 5.69 Å². The van der Waals surface area contributed by atoms with Gasteiger partial charge in [-0.2, -0.15) is 0 Å². The number of hydrogen-bond acceptors (Lipinski definition) is 5. The molecule has 0 aromatic heterocycles. The number of para-hydroxylation sites is 1. The molecular weight excluding hydrogens is 504 g/mol. The van der Waals surface area contributed by atoms with Gasteiger partial charge in [0.2, 0.25) is 12.1 Å². The smallest absolute Gasteiger partial charge is 0.409 e. The molecule has 3 amide bonds. The van der Waals surface area contributed by atoms with Gasteiger partial charge in [-0.25, -0.2) is 4.79 Å². The number of nitrogens with one attached hydrogen (secondary N) is 1. The second-order valence-electron chi connectivity index (χ2n) is 11.9. The fourth-order valence-corrected chi connectivity index (χ4v) is 6.20. The molecule has 2 saturated heterocycles. The highest BCUT2D eigenvalue weighted by Crippen LogP contribution is 2.35. The molecule has 1 saturated carbocycles. The number of benzodiazepines with no additional fused rings is 1. The summed E-state index contributed by atoms with van der Waals surface area (Å²) in [6.07, 6.45) is 3.37. The lowest BCUT2D eigenvalue weighted by Gasteiger charge is -2.30. The standard InChI is InChI=1S/C32H40N4O4/c1-21(2)16-27-26-11-7-8-22(3)29(26)36(19-28(37)35-17-23-12-13-24(18-35)15-14-23)31(38)30(33-27)34-32(39)40-20-25-9-5-4-6-10-25/h4-11,21,23-24,30H,12-20H2,1-3H3,(H,34,39). The summed E-state index contributed by atoms with van der Waals surface area (Å²) in [5, 5.41) is 2.69. The Kier molecular flexibility index (Phi) is 8.52. The zero-order valence-electron chi connectivity index (χ0n) is 23.8. The minimum atomic E-state index is -1.20. The number of fused-ring (bicyclic) bond motifs is 5. The topological polar surface area (TPSA) is 91.3 Å². The van der Waals surface area contributed by atoms with Crippen molar-refractivity contribution in [1.29, 1.82) is 0 Å². The van der Waals surface area contributed by atoms with Gasteiger partial charge in [0.15, 0.2) is 0 Å². The SMILES string of the molecule is Cc1cccc2c1N(CC(=O)N1CC3CCC(CC3)C1)C(=O)C(NC(=O)OCc1ccccc1)N=C2CC(C)C. The monoisotopic (exact) mass is 544 g/mol. The lowest BCUT2D eigenvalue weighted by Crippen LogP contribution is -2.51. The van der Waals surface area contributed by atoms with Gasteiger partial charge in [0.25, 0.3) is 5.91 Å². The van der Waals surface area contributed by atoms with Crippen molar-refractivity contribution in [2.45, 2.75) is 65.6 Å². The van der Waals surface area contributed by atoms with Crippen LogP contribution in [0.2, 0.25) is 0 Å². The van der Waals surface area contributed by atoms with Crippen LogP contribution >= 0.6 is 0 Å². The number of ether oxygens (including phenoxy) is 1. The normalized spacial score (nSPS) is 22.4. The number of nitrogens with zero attached hydrogens (tertiary/aromatic N) is 3. The van der Waals surface area contributed by atoms with E-state index in [9.17, 15) is 14.4 Å². The first kappa shape index (κ1) is 27.9. The quantitative estimate of drug-likeness (QED) is 0.526. The van der Waals surface area contributed by atoms with Crippen molar-refractivity contribution in [1.82, 2.24) is 10.2 Å². The third-order valence-electron chi connectivity index (χ3n) is 8.24. The van der Waals surface area contributed by atoms with Crippen LogP contribution in [0.5, 0.6) is 0 Å². The molecule has 1 aliphatic carbocycles.